The van der Waals surface area contributed by atoms with Crippen LogP contribution in [0.5, 0.6) is 0 Å². The summed E-state index contributed by atoms with van der Waals surface area (Å²) in [7, 11) is 0. The Labute approximate surface area is 249 Å². The van der Waals surface area contributed by atoms with Crippen molar-refractivity contribution < 1.29 is 33.4 Å². The molecular formula is C30H14N6O9. The Bertz CT molecular complexity index is 2130. The van der Waals surface area contributed by atoms with Crippen LogP contribution in [0.2, 0.25) is 0 Å². The molecule has 7 rings (SSSR count). The van der Waals surface area contributed by atoms with Gasteiger partial charge in [-0.15, -0.1) is 10.2 Å². The maximum Gasteiger partial charge on any atom is 0.281 e. The number of anilines is 2. The van der Waals surface area contributed by atoms with E-state index in [1.807, 2.05) is 0 Å². The van der Waals surface area contributed by atoms with Crippen molar-refractivity contribution in [1.82, 2.24) is 10.2 Å². The molecule has 0 fully saturated rings. The van der Waals surface area contributed by atoms with Gasteiger partial charge in [0.15, 0.2) is 11.6 Å². The monoisotopic (exact) mass is 602 g/mol. The van der Waals surface area contributed by atoms with Crippen molar-refractivity contribution >= 4 is 45.9 Å². The van der Waals surface area contributed by atoms with Gasteiger partial charge in [-0.3, -0.25) is 39.4 Å². The van der Waals surface area contributed by atoms with Gasteiger partial charge in [-0.25, -0.2) is 0 Å². The van der Waals surface area contributed by atoms with Crippen molar-refractivity contribution in [2.75, 3.05) is 11.5 Å². The van der Waals surface area contributed by atoms with E-state index in [1.165, 1.54) is 36.4 Å². The molecule has 0 bridgehead atoms. The normalized spacial score (nSPS) is 13.2. The van der Waals surface area contributed by atoms with E-state index in [-0.39, 0.29) is 67.7 Å². The standard InChI is InChI=1S/C30H14N6O9/c31-15-7-9-17(35(41)42)23-21(15)27(39)19-11(25(23)37)3-1-5-13(19)29-33-34-30(45-29)14-6-2-4-12-20(14)28(40)22-16(32)8-10-18(36(43)44)24(22)26(12)38/h1-10H,31-32H2. The van der Waals surface area contributed by atoms with Crippen LogP contribution < -0.4 is 11.5 Å². The van der Waals surface area contributed by atoms with Gasteiger partial charge in [0.1, 0.15) is 11.1 Å². The van der Waals surface area contributed by atoms with Gasteiger partial charge in [0.05, 0.1) is 32.1 Å². The van der Waals surface area contributed by atoms with Gasteiger partial charge >= 0.3 is 0 Å². The molecule has 2 aliphatic carbocycles. The van der Waals surface area contributed by atoms with E-state index in [1.54, 1.807) is 0 Å². The second kappa shape index (κ2) is 9.30. The van der Waals surface area contributed by atoms with Gasteiger partial charge in [-0.2, -0.15) is 0 Å². The maximum atomic E-state index is 13.7. The molecule has 4 aromatic carbocycles. The first-order chi connectivity index (χ1) is 21.5. The molecule has 15 nitrogen and oxygen atoms in total. The van der Waals surface area contributed by atoms with Crippen molar-refractivity contribution in [3.8, 4) is 22.9 Å². The van der Waals surface area contributed by atoms with E-state index < -0.39 is 55.5 Å². The van der Waals surface area contributed by atoms with Gasteiger partial charge in [0.2, 0.25) is 23.3 Å². The Morgan fingerprint density at radius 2 is 0.889 bits per heavy atom. The lowest BCUT2D eigenvalue weighted by Crippen LogP contribution is -2.24. The molecule has 1 aromatic heterocycles. The number of nitro groups is 2. The molecule has 218 valence electrons. The zero-order chi connectivity index (χ0) is 31.9. The predicted molar refractivity (Wildman–Crippen MR) is 154 cm³/mol. The number of ketones is 4. The number of aromatic nitrogens is 2. The van der Waals surface area contributed by atoms with Crippen LogP contribution in [-0.4, -0.2) is 43.2 Å². The maximum absolute atomic E-state index is 13.7. The number of nitrogen functional groups attached to an aromatic ring is 2. The Morgan fingerprint density at radius 3 is 1.27 bits per heavy atom. The summed E-state index contributed by atoms with van der Waals surface area (Å²) in [4.78, 5) is 76.1. The minimum atomic E-state index is -0.799. The fraction of sp³-hybridized carbons (Fsp3) is 0. The summed E-state index contributed by atoms with van der Waals surface area (Å²) in [6.07, 6.45) is 0. The number of nitro benzene ring substituents is 2. The summed E-state index contributed by atoms with van der Waals surface area (Å²) in [5.41, 5.74) is 8.42. The Hall–Kier alpha value is -6.90. The molecule has 45 heavy (non-hydrogen) atoms. The van der Waals surface area contributed by atoms with Crippen LogP contribution in [0.1, 0.15) is 63.7 Å². The number of carbonyl (C=O) groups is 4. The van der Waals surface area contributed by atoms with Crippen molar-refractivity contribution in [3.63, 3.8) is 0 Å². The van der Waals surface area contributed by atoms with E-state index in [4.69, 9.17) is 15.9 Å². The van der Waals surface area contributed by atoms with Crippen LogP contribution in [0.3, 0.4) is 0 Å². The average Bonchev–Trinajstić information content (AvgIpc) is 3.51. The SMILES string of the molecule is Nc1ccc([N+](=O)[O-])c2c1C(=O)c1c(cccc1-c1nnc(-c3cccc4c3C(=O)c3c(N)ccc([N+](=O)[O-])c3C4=O)o1)C2=O. The Balaban J connectivity index is 1.37. The number of hydrogen-bond donors (Lipinski definition) is 2. The summed E-state index contributed by atoms with van der Waals surface area (Å²) < 4.78 is 5.89. The molecular weight excluding hydrogens is 588 g/mol. The summed E-state index contributed by atoms with van der Waals surface area (Å²) in [5, 5.41) is 31.3. The van der Waals surface area contributed by atoms with Gasteiger partial charge in [0, 0.05) is 45.8 Å². The average molecular weight is 602 g/mol. The molecule has 2 aliphatic rings. The van der Waals surface area contributed by atoms with Crippen molar-refractivity contribution in [2.24, 2.45) is 0 Å². The van der Waals surface area contributed by atoms with Crippen LogP contribution in [0, 0.1) is 20.2 Å². The lowest BCUT2D eigenvalue weighted by atomic mass is 9.80. The predicted octanol–water partition coefficient (Wildman–Crippen LogP) is 3.94. The molecule has 0 saturated carbocycles. The zero-order valence-corrected chi connectivity index (χ0v) is 22.4. The summed E-state index contributed by atoms with van der Waals surface area (Å²) in [5.74, 6) is -3.65. The number of nitrogens with two attached hydrogens (primary N) is 2. The zero-order valence-electron chi connectivity index (χ0n) is 22.4. The first-order valence-corrected chi connectivity index (χ1v) is 12.9. The van der Waals surface area contributed by atoms with Crippen LogP contribution in [0.15, 0.2) is 65.1 Å². The van der Waals surface area contributed by atoms with E-state index >= 15 is 0 Å². The molecule has 4 N–H and O–H groups in total. The van der Waals surface area contributed by atoms with Crippen LogP contribution >= 0.6 is 0 Å². The molecule has 0 radical (unpaired) electrons. The van der Waals surface area contributed by atoms with Gasteiger partial charge in [0.25, 0.3) is 11.4 Å². The fourth-order valence-corrected chi connectivity index (χ4v) is 5.76. The number of nitrogens with zero attached hydrogens (tertiary/aromatic N) is 4. The topological polar surface area (TPSA) is 246 Å². The molecule has 0 aliphatic heterocycles. The lowest BCUT2D eigenvalue weighted by molar-refractivity contribution is -0.385. The molecule has 0 spiro atoms. The fourth-order valence-electron chi connectivity index (χ4n) is 5.76. The largest absolute Gasteiger partial charge is 0.416 e. The Morgan fingerprint density at radius 1 is 0.511 bits per heavy atom. The summed E-state index contributed by atoms with van der Waals surface area (Å²) in [6.45, 7) is 0. The van der Waals surface area contributed by atoms with Crippen LogP contribution in [0.4, 0.5) is 22.7 Å². The highest BCUT2D eigenvalue weighted by molar-refractivity contribution is 6.34. The number of benzene rings is 4. The Kier molecular flexibility index (Phi) is 5.57. The van der Waals surface area contributed by atoms with E-state index in [0.717, 1.165) is 24.3 Å². The number of hydrogen-bond acceptors (Lipinski definition) is 13. The molecule has 0 amide bonds. The van der Waals surface area contributed by atoms with Crippen molar-refractivity contribution in [3.05, 3.63) is 125 Å². The van der Waals surface area contributed by atoms with Gasteiger partial charge in [-0.1, -0.05) is 24.3 Å². The third-order valence-corrected chi connectivity index (χ3v) is 7.69. The first-order valence-electron chi connectivity index (χ1n) is 12.9. The summed E-state index contributed by atoms with van der Waals surface area (Å²) in [6, 6.07) is 12.8. The quantitative estimate of drug-likeness (QED) is 0.165. The van der Waals surface area contributed by atoms with Gasteiger partial charge < -0.3 is 15.9 Å². The second-order valence-electron chi connectivity index (χ2n) is 10.0. The molecule has 0 atom stereocenters. The van der Waals surface area contributed by atoms with Gasteiger partial charge in [-0.05, 0) is 24.3 Å². The van der Waals surface area contributed by atoms with E-state index in [0.29, 0.717) is 0 Å². The molecule has 0 saturated heterocycles. The molecule has 1 heterocycles. The van der Waals surface area contributed by atoms with E-state index in [9.17, 15) is 39.4 Å². The molecule has 0 unspecified atom stereocenters. The highest BCUT2D eigenvalue weighted by Crippen LogP contribution is 2.42. The summed E-state index contributed by atoms with van der Waals surface area (Å²) >= 11 is 0. The molecule has 15 heteroatoms. The van der Waals surface area contributed by atoms with Crippen LogP contribution in [-0.2, 0) is 0 Å². The highest BCUT2D eigenvalue weighted by atomic mass is 16.6. The minimum Gasteiger partial charge on any atom is -0.416 e. The number of carbonyl (C=O) groups excluding carboxylic acids is 4. The van der Waals surface area contributed by atoms with Crippen molar-refractivity contribution in [1.29, 1.82) is 0 Å². The van der Waals surface area contributed by atoms with Crippen molar-refractivity contribution in [2.45, 2.75) is 0 Å². The third kappa shape index (κ3) is 3.64. The number of rotatable bonds is 4. The minimum absolute atomic E-state index is 0.0126. The lowest BCUT2D eigenvalue weighted by Gasteiger charge is -2.20. The smallest absolute Gasteiger partial charge is 0.281 e. The third-order valence-electron chi connectivity index (χ3n) is 7.69. The second-order valence-corrected chi connectivity index (χ2v) is 10.0. The first kappa shape index (κ1) is 27.0. The van der Waals surface area contributed by atoms with Crippen LogP contribution in [0.25, 0.3) is 22.9 Å². The number of fused-ring (bicyclic) bond motifs is 4. The van der Waals surface area contributed by atoms with E-state index in [2.05, 4.69) is 10.2 Å². The highest BCUT2D eigenvalue weighted by Gasteiger charge is 2.41. The molecule has 5 aromatic rings.